The van der Waals surface area contributed by atoms with E-state index in [-0.39, 0.29) is 11.1 Å². The molecule has 4 N–H and O–H groups in total. The number of unbranched alkanes of at least 4 members (excludes halogenated alkanes) is 1. The van der Waals surface area contributed by atoms with E-state index >= 15 is 0 Å². The fraction of sp³-hybridized carbons (Fsp3) is 0.200. The highest BCUT2D eigenvalue weighted by Crippen LogP contribution is 2.41. The Balaban J connectivity index is 0.000000567. The van der Waals surface area contributed by atoms with Crippen LogP contribution in [0.2, 0.25) is 0 Å². The maximum Gasteiger partial charge on any atom is 0.335 e. The van der Waals surface area contributed by atoms with Crippen LogP contribution in [0.15, 0.2) is 42.5 Å². The van der Waals surface area contributed by atoms with Gasteiger partial charge in [0.2, 0.25) is 0 Å². The van der Waals surface area contributed by atoms with Gasteiger partial charge in [-0.25, -0.2) is 9.59 Å². The van der Waals surface area contributed by atoms with Crippen LogP contribution < -0.4 is 4.74 Å². The molecule has 0 aliphatic heterocycles. The van der Waals surface area contributed by atoms with E-state index in [0.717, 1.165) is 43.6 Å². The number of aromatic amines is 2. The third-order valence-electron chi connectivity index (χ3n) is 5.62. The highest BCUT2D eigenvalue weighted by molar-refractivity contribution is 6.21. The van der Waals surface area contributed by atoms with Gasteiger partial charge in [0.25, 0.3) is 0 Å². The maximum atomic E-state index is 11.4. The molecule has 0 fully saturated rings. The minimum absolute atomic E-state index is 0.194. The van der Waals surface area contributed by atoms with E-state index in [0.29, 0.717) is 5.75 Å². The second-order valence-electron chi connectivity index (χ2n) is 7.64. The number of carboxylic acids is 2. The van der Waals surface area contributed by atoms with E-state index in [1.54, 1.807) is 43.5 Å². The predicted molar refractivity (Wildman–Crippen MR) is 126 cm³/mol. The Labute approximate surface area is 183 Å². The molecule has 0 radical (unpaired) electrons. The molecular formula is C25H24N2O5. The van der Waals surface area contributed by atoms with Crippen molar-refractivity contribution in [1.82, 2.24) is 9.97 Å². The van der Waals surface area contributed by atoms with Crippen LogP contribution in [0.25, 0.3) is 43.6 Å². The summed E-state index contributed by atoms with van der Waals surface area (Å²) in [5.41, 5.74) is 3.47. The first-order chi connectivity index (χ1) is 15.4. The van der Waals surface area contributed by atoms with Crippen molar-refractivity contribution < 1.29 is 24.5 Å². The average molecular weight is 432 g/mol. The minimum atomic E-state index is -0.998. The molecule has 0 spiro atoms. The third-order valence-corrected chi connectivity index (χ3v) is 5.62. The molecule has 7 heteroatoms. The molecule has 5 rings (SSSR count). The summed E-state index contributed by atoms with van der Waals surface area (Å²) >= 11 is 0. The first-order valence-electron chi connectivity index (χ1n) is 10.4. The first kappa shape index (κ1) is 21.2. The fourth-order valence-corrected chi connectivity index (χ4v) is 3.82. The Morgan fingerprint density at radius 2 is 1.19 bits per heavy atom. The molecule has 5 aromatic rings. The standard InChI is InChI=1S/C21H14N2O5.C4H10/c1-28-19-17-13(11-6-9(20(24)25)2-4-15(11)22-17)8-14-12-7-10(21(26)27)3-5-16(12)23-18(14)19;1-3-4-2/h2-8,22-23H,1H3,(H,24,25)(H,26,27);3-4H2,1-2H3. The van der Waals surface area contributed by atoms with Crippen LogP contribution in [0.4, 0.5) is 0 Å². The summed E-state index contributed by atoms with van der Waals surface area (Å²) in [5.74, 6) is -1.40. The van der Waals surface area contributed by atoms with Crippen LogP contribution in [-0.2, 0) is 0 Å². The summed E-state index contributed by atoms with van der Waals surface area (Å²) in [7, 11) is 1.57. The van der Waals surface area contributed by atoms with Crippen molar-refractivity contribution >= 4 is 55.6 Å². The molecule has 32 heavy (non-hydrogen) atoms. The Hall–Kier alpha value is -4.00. The molecular weight excluding hydrogens is 408 g/mol. The summed E-state index contributed by atoms with van der Waals surface area (Å²) in [4.78, 5) is 29.4. The maximum absolute atomic E-state index is 11.4. The third kappa shape index (κ3) is 3.41. The summed E-state index contributed by atoms with van der Waals surface area (Å²) in [6.45, 7) is 4.36. The van der Waals surface area contributed by atoms with Crippen LogP contribution in [-0.4, -0.2) is 39.2 Å². The van der Waals surface area contributed by atoms with Crippen LogP contribution in [0.1, 0.15) is 47.4 Å². The first-order valence-corrected chi connectivity index (χ1v) is 10.4. The van der Waals surface area contributed by atoms with E-state index in [2.05, 4.69) is 23.8 Å². The number of aromatic nitrogens is 2. The van der Waals surface area contributed by atoms with Crippen LogP contribution in [0.3, 0.4) is 0 Å². The molecule has 3 aromatic carbocycles. The fourth-order valence-electron chi connectivity index (χ4n) is 3.82. The van der Waals surface area contributed by atoms with Gasteiger partial charge in [0.15, 0.2) is 5.75 Å². The zero-order chi connectivity index (χ0) is 23.0. The molecule has 0 bridgehead atoms. The summed E-state index contributed by atoms with van der Waals surface area (Å²) in [6, 6.07) is 11.7. The molecule has 2 aromatic heterocycles. The highest BCUT2D eigenvalue weighted by atomic mass is 16.5. The molecule has 2 heterocycles. The van der Waals surface area contributed by atoms with Gasteiger partial charge in [-0.15, -0.1) is 0 Å². The number of hydrogen-bond acceptors (Lipinski definition) is 3. The van der Waals surface area contributed by atoms with Gasteiger partial charge in [0, 0.05) is 32.6 Å². The van der Waals surface area contributed by atoms with Crippen molar-refractivity contribution in [3.63, 3.8) is 0 Å². The zero-order valence-corrected chi connectivity index (χ0v) is 18.1. The number of benzene rings is 3. The van der Waals surface area contributed by atoms with E-state index < -0.39 is 11.9 Å². The Bertz CT molecular complexity index is 1380. The van der Waals surface area contributed by atoms with Gasteiger partial charge >= 0.3 is 11.9 Å². The smallest absolute Gasteiger partial charge is 0.335 e. The number of nitrogens with one attached hydrogen (secondary N) is 2. The van der Waals surface area contributed by atoms with Gasteiger partial charge in [0.1, 0.15) is 0 Å². The molecule has 0 unspecified atom stereocenters. The number of ether oxygens (including phenoxy) is 1. The SMILES string of the molecule is CCCC.COc1c2[nH]c3ccc(C(=O)O)cc3c2cc2c1[nH]c1ccc(C(=O)O)cc12. The van der Waals surface area contributed by atoms with E-state index in [1.807, 2.05) is 6.07 Å². The Kier molecular flexibility index (Phi) is 5.48. The molecule has 0 saturated heterocycles. The number of carboxylic acid groups (broad SMARTS) is 2. The number of methoxy groups -OCH3 is 1. The van der Waals surface area contributed by atoms with Gasteiger partial charge in [-0.05, 0) is 42.5 Å². The number of carbonyl (C=O) groups is 2. The second-order valence-corrected chi connectivity index (χ2v) is 7.64. The largest absolute Gasteiger partial charge is 0.492 e. The number of H-pyrrole nitrogens is 2. The van der Waals surface area contributed by atoms with Crippen molar-refractivity contribution in [1.29, 1.82) is 0 Å². The number of hydrogen-bond donors (Lipinski definition) is 4. The lowest BCUT2D eigenvalue weighted by molar-refractivity contribution is 0.0686. The lowest BCUT2D eigenvalue weighted by Crippen LogP contribution is -1.94. The van der Waals surface area contributed by atoms with Crippen molar-refractivity contribution in [2.75, 3.05) is 7.11 Å². The minimum Gasteiger partial charge on any atom is -0.492 e. The summed E-state index contributed by atoms with van der Waals surface area (Å²) in [6.07, 6.45) is 2.64. The molecule has 0 atom stereocenters. The quantitative estimate of drug-likeness (QED) is 0.271. The van der Waals surface area contributed by atoms with Gasteiger partial charge in [-0.2, -0.15) is 0 Å². The van der Waals surface area contributed by atoms with Crippen LogP contribution >= 0.6 is 0 Å². The topological polar surface area (TPSA) is 115 Å². The summed E-state index contributed by atoms with van der Waals surface area (Å²) in [5, 5.41) is 21.8. The molecule has 0 aliphatic rings. The lowest BCUT2D eigenvalue weighted by Gasteiger charge is -2.04. The Morgan fingerprint density at radius 1 is 0.750 bits per heavy atom. The van der Waals surface area contributed by atoms with Crippen molar-refractivity contribution in [3.8, 4) is 5.75 Å². The molecule has 0 saturated carbocycles. The predicted octanol–water partition coefficient (Wildman–Crippen LogP) is 6.17. The number of rotatable bonds is 4. The average Bonchev–Trinajstić information content (AvgIpc) is 3.34. The highest BCUT2D eigenvalue weighted by Gasteiger charge is 2.18. The summed E-state index contributed by atoms with van der Waals surface area (Å²) < 4.78 is 5.66. The van der Waals surface area contributed by atoms with Gasteiger partial charge in [0.05, 0.1) is 29.3 Å². The number of fused-ring (bicyclic) bond motifs is 6. The van der Waals surface area contributed by atoms with E-state index in [1.165, 1.54) is 12.8 Å². The van der Waals surface area contributed by atoms with Gasteiger partial charge < -0.3 is 24.9 Å². The second kappa shape index (κ2) is 8.26. The van der Waals surface area contributed by atoms with Gasteiger partial charge in [-0.1, -0.05) is 26.7 Å². The molecule has 0 amide bonds. The lowest BCUT2D eigenvalue weighted by atomic mass is 10.0. The van der Waals surface area contributed by atoms with Crippen molar-refractivity contribution in [2.45, 2.75) is 26.7 Å². The normalized spacial score (nSPS) is 11.1. The van der Waals surface area contributed by atoms with Crippen molar-refractivity contribution in [3.05, 3.63) is 53.6 Å². The molecule has 0 aliphatic carbocycles. The number of aromatic carboxylic acids is 2. The van der Waals surface area contributed by atoms with Crippen LogP contribution in [0, 0.1) is 0 Å². The molecule has 7 nitrogen and oxygen atoms in total. The van der Waals surface area contributed by atoms with Crippen LogP contribution in [0.5, 0.6) is 5.75 Å². The van der Waals surface area contributed by atoms with Crippen molar-refractivity contribution in [2.24, 2.45) is 0 Å². The zero-order valence-electron chi connectivity index (χ0n) is 18.1. The Morgan fingerprint density at radius 3 is 1.53 bits per heavy atom. The van der Waals surface area contributed by atoms with E-state index in [9.17, 15) is 19.8 Å². The van der Waals surface area contributed by atoms with Gasteiger partial charge in [-0.3, -0.25) is 0 Å². The molecule has 164 valence electrons. The monoisotopic (exact) mass is 432 g/mol. The van der Waals surface area contributed by atoms with E-state index in [4.69, 9.17) is 4.74 Å².